The SMILES string of the molecule is CCOC(=O)C1=C(NC(=O)Cc2ccccc2)CN(C(=O)OC(C)(C)C)CC1. The molecule has 1 heterocycles. The van der Waals surface area contributed by atoms with Gasteiger partial charge < -0.3 is 19.7 Å². The van der Waals surface area contributed by atoms with Crippen molar-refractivity contribution in [3.05, 3.63) is 47.2 Å². The predicted octanol–water partition coefficient (Wildman–Crippen LogP) is 2.80. The molecule has 152 valence electrons. The summed E-state index contributed by atoms with van der Waals surface area (Å²) < 4.78 is 10.5. The van der Waals surface area contributed by atoms with E-state index in [4.69, 9.17) is 9.47 Å². The number of nitrogens with zero attached hydrogens (tertiary/aromatic N) is 1. The van der Waals surface area contributed by atoms with Crippen molar-refractivity contribution in [3.63, 3.8) is 0 Å². The first kappa shape index (κ1) is 21.5. The third-order valence-corrected chi connectivity index (χ3v) is 4.02. The quantitative estimate of drug-likeness (QED) is 0.784. The molecule has 1 aromatic carbocycles. The maximum absolute atomic E-state index is 12.5. The van der Waals surface area contributed by atoms with Gasteiger partial charge in [-0.3, -0.25) is 4.79 Å². The number of benzene rings is 1. The lowest BCUT2D eigenvalue weighted by atomic mass is 10.0. The first-order chi connectivity index (χ1) is 13.2. The van der Waals surface area contributed by atoms with Gasteiger partial charge in [0.1, 0.15) is 5.60 Å². The molecule has 1 N–H and O–H groups in total. The van der Waals surface area contributed by atoms with E-state index in [2.05, 4.69) is 5.32 Å². The third-order valence-electron chi connectivity index (χ3n) is 4.02. The van der Waals surface area contributed by atoms with Gasteiger partial charge in [-0.05, 0) is 39.7 Å². The minimum atomic E-state index is -0.626. The van der Waals surface area contributed by atoms with Gasteiger partial charge >= 0.3 is 12.1 Å². The largest absolute Gasteiger partial charge is 0.463 e. The van der Waals surface area contributed by atoms with Crippen molar-refractivity contribution in [1.29, 1.82) is 0 Å². The monoisotopic (exact) mass is 388 g/mol. The van der Waals surface area contributed by atoms with Crippen molar-refractivity contribution in [1.82, 2.24) is 10.2 Å². The maximum atomic E-state index is 12.5. The van der Waals surface area contributed by atoms with Crippen LogP contribution < -0.4 is 5.32 Å². The molecule has 0 aliphatic carbocycles. The Labute approximate surface area is 165 Å². The summed E-state index contributed by atoms with van der Waals surface area (Å²) in [6, 6.07) is 9.30. The topological polar surface area (TPSA) is 84.9 Å². The van der Waals surface area contributed by atoms with Crippen LogP contribution in [0.5, 0.6) is 0 Å². The van der Waals surface area contributed by atoms with E-state index in [0.29, 0.717) is 24.2 Å². The Morgan fingerprint density at radius 3 is 2.43 bits per heavy atom. The summed E-state index contributed by atoms with van der Waals surface area (Å²) in [5.41, 5.74) is 1.01. The van der Waals surface area contributed by atoms with Gasteiger partial charge in [-0.1, -0.05) is 30.3 Å². The lowest BCUT2D eigenvalue weighted by Crippen LogP contribution is -2.45. The first-order valence-electron chi connectivity index (χ1n) is 9.40. The average molecular weight is 388 g/mol. The molecule has 7 heteroatoms. The van der Waals surface area contributed by atoms with E-state index in [1.54, 1.807) is 27.7 Å². The number of hydrogen-bond donors (Lipinski definition) is 1. The second kappa shape index (κ2) is 9.39. The maximum Gasteiger partial charge on any atom is 0.410 e. The van der Waals surface area contributed by atoms with Gasteiger partial charge in [-0.2, -0.15) is 0 Å². The van der Waals surface area contributed by atoms with Crippen molar-refractivity contribution in [2.24, 2.45) is 0 Å². The lowest BCUT2D eigenvalue weighted by Gasteiger charge is -2.32. The molecule has 0 spiro atoms. The highest BCUT2D eigenvalue weighted by Gasteiger charge is 2.30. The summed E-state index contributed by atoms with van der Waals surface area (Å²) in [6.07, 6.45) is -0.0171. The van der Waals surface area contributed by atoms with Crippen LogP contribution in [0.3, 0.4) is 0 Å². The smallest absolute Gasteiger partial charge is 0.410 e. The second-order valence-electron chi connectivity index (χ2n) is 7.54. The molecule has 0 radical (unpaired) electrons. The number of hydrogen-bond acceptors (Lipinski definition) is 5. The minimum Gasteiger partial charge on any atom is -0.463 e. The number of esters is 1. The molecule has 0 unspecified atom stereocenters. The van der Waals surface area contributed by atoms with Gasteiger partial charge in [0.2, 0.25) is 5.91 Å². The number of carbonyl (C=O) groups excluding carboxylic acids is 3. The van der Waals surface area contributed by atoms with Crippen LogP contribution in [-0.4, -0.2) is 48.2 Å². The molecule has 0 atom stereocenters. The molecule has 1 aromatic rings. The fraction of sp³-hybridized carbons (Fsp3) is 0.476. The molecule has 1 aliphatic rings. The summed E-state index contributed by atoms with van der Waals surface area (Å²) in [4.78, 5) is 38.6. The van der Waals surface area contributed by atoms with Gasteiger partial charge in [0.15, 0.2) is 0 Å². The zero-order valence-corrected chi connectivity index (χ0v) is 16.9. The molecular formula is C21H28N2O5. The fourth-order valence-corrected chi connectivity index (χ4v) is 2.80. The zero-order valence-electron chi connectivity index (χ0n) is 16.9. The predicted molar refractivity (Wildman–Crippen MR) is 104 cm³/mol. The van der Waals surface area contributed by atoms with E-state index in [0.717, 1.165) is 5.56 Å². The summed E-state index contributed by atoms with van der Waals surface area (Å²) in [5.74, 6) is -0.726. The molecule has 2 amide bonds. The molecule has 0 aromatic heterocycles. The summed E-state index contributed by atoms with van der Waals surface area (Å²) in [7, 11) is 0. The van der Waals surface area contributed by atoms with Crippen LogP contribution in [0.1, 0.15) is 39.7 Å². The summed E-state index contributed by atoms with van der Waals surface area (Å²) >= 11 is 0. The zero-order chi connectivity index (χ0) is 20.7. The van der Waals surface area contributed by atoms with Gasteiger partial charge in [-0.25, -0.2) is 9.59 Å². The molecular weight excluding hydrogens is 360 g/mol. The third kappa shape index (κ3) is 6.40. The van der Waals surface area contributed by atoms with E-state index >= 15 is 0 Å². The van der Waals surface area contributed by atoms with Crippen LogP contribution in [0.25, 0.3) is 0 Å². The number of carbonyl (C=O) groups is 3. The number of rotatable bonds is 5. The number of amides is 2. The van der Waals surface area contributed by atoms with Crippen LogP contribution in [0.4, 0.5) is 4.79 Å². The summed E-state index contributed by atoms with van der Waals surface area (Å²) in [6.45, 7) is 7.74. The van der Waals surface area contributed by atoms with Crippen molar-refractivity contribution in [2.45, 2.75) is 46.1 Å². The van der Waals surface area contributed by atoms with E-state index < -0.39 is 17.7 Å². The Morgan fingerprint density at radius 1 is 1.14 bits per heavy atom. The Balaban J connectivity index is 2.15. The molecule has 1 aliphatic heterocycles. The van der Waals surface area contributed by atoms with Crippen LogP contribution in [0, 0.1) is 0 Å². The van der Waals surface area contributed by atoms with E-state index in [1.807, 2.05) is 30.3 Å². The lowest BCUT2D eigenvalue weighted by molar-refractivity contribution is -0.139. The molecule has 2 rings (SSSR count). The second-order valence-corrected chi connectivity index (χ2v) is 7.54. The molecule has 0 saturated heterocycles. The van der Waals surface area contributed by atoms with Crippen molar-refractivity contribution in [2.75, 3.05) is 19.7 Å². The minimum absolute atomic E-state index is 0.0869. The van der Waals surface area contributed by atoms with Crippen LogP contribution in [0.15, 0.2) is 41.6 Å². The van der Waals surface area contributed by atoms with Crippen LogP contribution in [0.2, 0.25) is 0 Å². The molecule has 0 bridgehead atoms. The Bertz CT molecular complexity index is 750. The highest BCUT2D eigenvalue weighted by Crippen LogP contribution is 2.20. The van der Waals surface area contributed by atoms with Crippen molar-refractivity contribution >= 4 is 18.0 Å². The molecule has 0 fully saturated rings. The van der Waals surface area contributed by atoms with E-state index in [-0.39, 0.29) is 25.5 Å². The highest BCUT2D eigenvalue weighted by molar-refractivity contribution is 5.91. The fourth-order valence-electron chi connectivity index (χ4n) is 2.80. The molecule has 0 saturated carbocycles. The molecule has 28 heavy (non-hydrogen) atoms. The normalized spacial score (nSPS) is 14.5. The van der Waals surface area contributed by atoms with E-state index in [9.17, 15) is 14.4 Å². The molecule has 7 nitrogen and oxygen atoms in total. The highest BCUT2D eigenvalue weighted by atomic mass is 16.6. The van der Waals surface area contributed by atoms with Crippen LogP contribution in [-0.2, 0) is 25.5 Å². The first-order valence-corrected chi connectivity index (χ1v) is 9.40. The summed E-state index contributed by atoms with van der Waals surface area (Å²) in [5, 5.41) is 2.79. The van der Waals surface area contributed by atoms with Gasteiger partial charge in [0, 0.05) is 12.2 Å². The van der Waals surface area contributed by atoms with Gasteiger partial charge in [-0.15, -0.1) is 0 Å². The van der Waals surface area contributed by atoms with Crippen molar-refractivity contribution in [3.8, 4) is 0 Å². The average Bonchev–Trinajstić information content (AvgIpc) is 2.61. The number of nitrogens with one attached hydrogen (secondary N) is 1. The number of ether oxygens (including phenoxy) is 2. The standard InChI is InChI=1S/C21H28N2O5/c1-5-27-19(25)16-11-12-23(20(26)28-21(2,3)4)14-17(16)22-18(24)13-15-9-7-6-8-10-15/h6-10H,5,11-14H2,1-4H3,(H,22,24). The Kier molecular flexibility index (Phi) is 7.20. The van der Waals surface area contributed by atoms with Crippen molar-refractivity contribution < 1.29 is 23.9 Å². The Morgan fingerprint density at radius 2 is 1.82 bits per heavy atom. The van der Waals surface area contributed by atoms with E-state index in [1.165, 1.54) is 4.90 Å². The van der Waals surface area contributed by atoms with Crippen LogP contribution >= 0.6 is 0 Å². The Hall–Kier alpha value is -2.83. The van der Waals surface area contributed by atoms with Gasteiger partial charge in [0.05, 0.1) is 25.1 Å². The van der Waals surface area contributed by atoms with Gasteiger partial charge in [0.25, 0.3) is 0 Å².